The topological polar surface area (TPSA) is 29.5 Å². The van der Waals surface area contributed by atoms with Crippen LogP contribution < -0.4 is 4.74 Å². The van der Waals surface area contributed by atoms with Gasteiger partial charge in [0.15, 0.2) is 6.10 Å². The molecule has 110 valence electrons. The number of carbonyl (C=O) groups is 1. The van der Waals surface area contributed by atoms with Crippen LogP contribution in [-0.4, -0.2) is 24.0 Å². The normalized spacial score (nSPS) is 11.8. The van der Waals surface area contributed by atoms with E-state index in [1.807, 2.05) is 61.5 Å². The van der Waals surface area contributed by atoms with Crippen molar-refractivity contribution in [2.75, 3.05) is 7.05 Å². The Balaban J connectivity index is 1.95. The zero-order valence-corrected chi connectivity index (χ0v) is 12.7. The summed E-state index contributed by atoms with van der Waals surface area (Å²) in [5.41, 5.74) is 2.22. The molecule has 3 nitrogen and oxygen atoms in total. The summed E-state index contributed by atoms with van der Waals surface area (Å²) in [4.78, 5) is 14.0. The van der Waals surface area contributed by atoms with E-state index in [1.165, 1.54) is 0 Å². The van der Waals surface area contributed by atoms with Crippen LogP contribution in [0.4, 0.5) is 0 Å². The van der Waals surface area contributed by atoms with E-state index < -0.39 is 6.10 Å². The Morgan fingerprint density at radius 1 is 1.14 bits per heavy atom. The second-order valence-electron chi connectivity index (χ2n) is 5.26. The van der Waals surface area contributed by atoms with E-state index in [4.69, 9.17) is 4.74 Å². The van der Waals surface area contributed by atoms with E-state index in [9.17, 15) is 4.79 Å². The smallest absolute Gasteiger partial charge is 0.263 e. The highest BCUT2D eigenvalue weighted by Gasteiger charge is 2.19. The summed E-state index contributed by atoms with van der Waals surface area (Å²) in [6.45, 7) is 4.37. The molecule has 0 saturated heterocycles. The summed E-state index contributed by atoms with van der Waals surface area (Å²) in [6, 6.07) is 17.7. The fraction of sp³-hybridized carbons (Fsp3) is 0.278. The number of rotatable bonds is 5. The van der Waals surface area contributed by atoms with Gasteiger partial charge < -0.3 is 9.64 Å². The van der Waals surface area contributed by atoms with Gasteiger partial charge in [-0.05, 0) is 37.1 Å². The number of likely N-dealkylation sites (N-methyl/N-ethyl adjacent to an activating group) is 1. The Morgan fingerprint density at radius 3 is 2.52 bits per heavy atom. The molecule has 0 radical (unpaired) electrons. The van der Waals surface area contributed by atoms with Crippen molar-refractivity contribution in [3.05, 3.63) is 65.7 Å². The number of hydrogen-bond acceptors (Lipinski definition) is 2. The molecule has 0 aliphatic heterocycles. The van der Waals surface area contributed by atoms with Crippen molar-refractivity contribution >= 4 is 5.91 Å². The molecule has 0 fully saturated rings. The fourth-order valence-corrected chi connectivity index (χ4v) is 2.19. The van der Waals surface area contributed by atoms with Crippen LogP contribution >= 0.6 is 0 Å². The Bertz CT molecular complexity index is 595. The van der Waals surface area contributed by atoms with Crippen molar-refractivity contribution in [2.45, 2.75) is 26.5 Å². The van der Waals surface area contributed by atoms with Gasteiger partial charge in [0.05, 0.1) is 0 Å². The summed E-state index contributed by atoms with van der Waals surface area (Å²) < 4.78 is 5.72. The van der Waals surface area contributed by atoms with Crippen LogP contribution in [0.25, 0.3) is 0 Å². The van der Waals surface area contributed by atoms with Crippen LogP contribution in [0.15, 0.2) is 54.6 Å². The van der Waals surface area contributed by atoms with Crippen molar-refractivity contribution in [1.29, 1.82) is 0 Å². The molecule has 0 aliphatic rings. The highest BCUT2D eigenvalue weighted by Crippen LogP contribution is 2.15. The first-order valence-corrected chi connectivity index (χ1v) is 7.08. The largest absolute Gasteiger partial charge is 0.481 e. The molecular formula is C18H21NO2. The highest BCUT2D eigenvalue weighted by molar-refractivity contribution is 5.80. The van der Waals surface area contributed by atoms with Crippen molar-refractivity contribution in [1.82, 2.24) is 4.90 Å². The first-order valence-electron chi connectivity index (χ1n) is 7.08. The summed E-state index contributed by atoms with van der Waals surface area (Å²) in [6.07, 6.45) is -0.500. The third kappa shape index (κ3) is 4.35. The van der Waals surface area contributed by atoms with Gasteiger partial charge in [-0.1, -0.05) is 42.5 Å². The zero-order chi connectivity index (χ0) is 15.2. The number of ether oxygens (including phenoxy) is 1. The van der Waals surface area contributed by atoms with Gasteiger partial charge in [-0.25, -0.2) is 0 Å². The average Bonchev–Trinajstić information content (AvgIpc) is 2.47. The summed E-state index contributed by atoms with van der Waals surface area (Å²) in [7, 11) is 1.80. The second kappa shape index (κ2) is 6.93. The van der Waals surface area contributed by atoms with Crippen molar-refractivity contribution in [3.63, 3.8) is 0 Å². The minimum atomic E-state index is -0.500. The van der Waals surface area contributed by atoms with Gasteiger partial charge >= 0.3 is 0 Å². The van der Waals surface area contributed by atoms with E-state index in [0.717, 1.165) is 16.9 Å². The van der Waals surface area contributed by atoms with Crippen LogP contribution in [0.3, 0.4) is 0 Å². The van der Waals surface area contributed by atoms with Crippen LogP contribution in [0, 0.1) is 6.92 Å². The van der Waals surface area contributed by atoms with Gasteiger partial charge in [0.1, 0.15) is 5.75 Å². The highest BCUT2D eigenvalue weighted by atomic mass is 16.5. The Kier molecular flexibility index (Phi) is 4.99. The number of nitrogens with zero attached hydrogens (tertiary/aromatic N) is 1. The molecule has 1 amide bonds. The molecule has 0 N–H and O–H groups in total. The van der Waals surface area contributed by atoms with E-state index >= 15 is 0 Å². The molecule has 0 aliphatic carbocycles. The summed E-state index contributed by atoms with van der Waals surface area (Å²) in [5.74, 6) is 0.698. The average molecular weight is 283 g/mol. The monoisotopic (exact) mass is 283 g/mol. The number of amides is 1. The maximum absolute atomic E-state index is 12.3. The van der Waals surface area contributed by atoms with Gasteiger partial charge in [-0.15, -0.1) is 0 Å². The molecule has 0 spiro atoms. The molecule has 3 heteroatoms. The molecule has 0 aromatic heterocycles. The zero-order valence-electron chi connectivity index (χ0n) is 12.7. The third-order valence-electron chi connectivity index (χ3n) is 3.29. The number of aryl methyl sites for hydroxylation is 1. The van der Waals surface area contributed by atoms with Gasteiger partial charge in [0, 0.05) is 13.6 Å². The maximum Gasteiger partial charge on any atom is 0.263 e. The minimum absolute atomic E-state index is 0.0274. The van der Waals surface area contributed by atoms with Gasteiger partial charge in [-0.2, -0.15) is 0 Å². The van der Waals surface area contributed by atoms with Gasteiger partial charge in [-0.3, -0.25) is 4.79 Å². The molecule has 0 heterocycles. The lowest BCUT2D eigenvalue weighted by atomic mass is 10.2. The quantitative estimate of drug-likeness (QED) is 0.841. The van der Waals surface area contributed by atoms with E-state index in [-0.39, 0.29) is 5.91 Å². The first kappa shape index (κ1) is 15.1. The predicted octanol–water partition coefficient (Wildman–Crippen LogP) is 3.42. The van der Waals surface area contributed by atoms with Crippen molar-refractivity contribution in [3.8, 4) is 5.75 Å². The standard InChI is InChI=1S/C18H21NO2/c1-14-8-7-11-17(12-14)21-15(2)18(20)19(3)13-16-9-5-4-6-10-16/h4-12,15H,13H2,1-3H3. The molecule has 21 heavy (non-hydrogen) atoms. The predicted molar refractivity (Wildman–Crippen MR) is 84.2 cm³/mol. The number of carbonyl (C=O) groups excluding carboxylic acids is 1. The van der Waals surface area contributed by atoms with Crippen LogP contribution in [0.5, 0.6) is 5.75 Å². The Labute approximate surface area is 126 Å². The summed E-state index contributed by atoms with van der Waals surface area (Å²) >= 11 is 0. The molecule has 2 aromatic carbocycles. The molecule has 1 atom stereocenters. The van der Waals surface area contributed by atoms with E-state index in [0.29, 0.717) is 6.54 Å². The second-order valence-corrected chi connectivity index (χ2v) is 5.26. The number of hydrogen-bond donors (Lipinski definition) is 0. The van der Waals surface area contributed by atoms with Gasteiger partial charge in [0.25, 0.3) is 5.91 Å². The molecule has 2 rings (SSSR count). The third-order valence-corrected chi connectivity index (χ3v) is 3.29. The number of benzene rings is 2. The lowest BCUT2D eigenvalue weighted by Gasteiger charge is -2.22. The van der Waals surface area contributed by atoms with Crippen LogP contribution in [0.1, 0.15) is 18.1 Å². The molecular weight excluding hydrogens is 262 g/mol. The maximum atomic E-state index is 12.3. The molecule has 2 aromatic rings. The van der Waals surface area contributed by atoms with Crippen LogP contribution in [-0.2, 0) is 11.3 Å². The molecule has 1 unspecified atom stereocenters. The van der Waals surface area contributed by atoms with Crippen molar-refractivity contribution < 1.29 is 9.53 Å². The SMILES string of the molecule is Cc1cccc(OC(C)C(=O)N(C)Cc2ccccc2)c1. The molecule has 0 saturated carbocycles. The fourth-order valence-electron chi connectivity index (χ4n) is 2.19. The Morgan fingerprint density at radius 2 is 1.86 bits per heavy atom. The lowest BCUT2D eigenvalue weighted by Crippen LogP contribution is -2.37. The Hall–Kier alpha value is -2.29. The van der Waals surface area contributed by atoms with Crippen molar-refractivity contribution in [2.24, 2.45) is 0 Å². The lowest BCUT2D eigenvalue weighted by molar-refractivity contribution is -0.137. The minimum Gasteiger partial charge on any atom is -0.481 e. The van der Waals surface area contributed by atoms with E-state index in [2.05, 4.69) is 0 Å². The van der Waals surface area contributed by atoms with E-state index in [1.54, 1.807) is 18.9 Å². The summed E-state index contributed by atoms with van der Waals surface area (Å²) in [5, 5.41) is 0. The van der Waals surface area contributed by atoms with Gasteiger partial charge in [0.2, 0.25) is 0 Å². The van der Waals surface area contributed by atoms with Crippen LogP contribution in [0.2, 0.25) is 0 Å². The molecule has 0 bridgehead atoms. The first-order chi connectivity index (χ1) is 10.1.